The van der Waals surface area contributed by atoms with E-state index in [0.29, 0.717) is 16.7 Å². The Morgan fingerprint density at radius 2 is 1.52 bits per heavy atom. The van der Waals surface area contributed by atoms with Crippen LogP contribution in [0.15, 0.2) is 121 Å². The Bertz CT molecular complexity index is 2190. The van der Waals surface area contributed by atoms with Crippen molar-refractivity contribution in [1.82, 2.24) is 0 Å². The molecule has 6 unspecified atom stereocenters. The molecule has 2 fully saturated rings. The number of carbonyl (C=O) groups is 5. The first-order valence-electron chi connectivity index (χ1n) is 16.4. The van der Waals surface area contributed by atoms with Gasteiger partial charge in [-0.3, -0.25) is 24.1 Å². The second-order valence-electron chi connectivity index (χ2n) is 13.3. The first kappa shape index (κ1) is 31.3. The van der Waals surface area contributed by atoms with Gasteiger partial charge >= 0.3 is 5.97 Å². The van der Waals surface area contributed by atoms with Gasteiger partial charge in [-0.2, -0.15) is 0 Å². The van der Waals surface area contributed by atoms with E-state index in [9.17, 15) is 34.2 Å². The van der Waals surface area contributed by atoms with Crippen LogP contribution in [0.2, 0.25) is 0 Å². The number of fused-ring (bicyclic) bond motifs is 4. The minimum absolute atomic E-state index is 0.0330. The Hall–Kier alpha value is -5.96. The molecule has 4 aromatic rings. The largest absolute Gasteiger partial charge is 0.505 e. The molecule has 248 valence electrons. The molecule has 2 N–H and O–H groups in total. The highest BCUT2D eigenvalue weighted by Gasteiger charge is 2.66. The van der Waals surface area contributed by atoms with Crippen LogP contribution in [0.1, 0.15) is 45.8 Å². The predicted octanol–water partition coefficient (Wildman–Crippen LogP) is 6.26. The number of hydrogen-bond acceptors (Lipinski definition) is 6. The van der Waals surface area contributed by atoms with E-state index in [1.807, 2.05) is 6.08 Å². The second-order valence-corrected chi connectivity index (χ2v) is 13.3. The van der Waals surface area contributed by atoms with Crippen LogP contribution in [0.5, 0.6) is 5.75 Å². The number of benzene rings is 4. The fourth-order valence-corrected chi connectivity index (χ4v) is 9.02. The number of aromatic carboxylic acids is 1. The summed E-state index contributed by atoms with van der Waals surface area (Å²) in [5.74, 6) is -9.13. The van der Waals surface area contributed by atoms with Crippen molar-refractivity contribution in [2.75, 3.05) is 4.90 Å². The Morgan fingerprint density at radius 3 is 2.24 bits per heavy atom. The van der Waals surface area contributed by atoms with Gasteiger partial charge in [0.05, 0.1) is 28.5 Å². The molecule has 0 spiro atoms. The lowest BCUT2D eigenvalue weighted by Gasteiger charge is -2.55. The van der Waals surface area contributed by atoms with Gasteiger partial charge in [0, 0.05) is 23.0 Å². The average Bonchev–Trinajstić information content (AvgIpc) is 3.39. The van der Waals surface area contributed by atoms with Crippen molar-refractivity contribution in [1.29, 1.82) is 0 Å². The summed E-state index contributed by atoms with van der Waals surface area (Å²) in [4.78, 5) is 71.1. The van der Waals surface area contributed by atoms with Gasteiger partial charge in [-0.1, -0.05) is 90.5 Å². The molecule has 3 aliphatic carbocycles. The van der Waals surface area contributed by atoms with Gasteiger partial charge in [0.15, 0.2) is 23.1 Å². The van der Waals surface area contributed by atoms with Gasteiger partial charge in [0.1, 0.15) is 0 Å². The molecule has 4 aliphatic rings. The zero-order chi connectivity index (χ0) is 34.9. The first-order valence-corrected chi connectivity index (χ1v) is 16.4. The van der Waals surface area contributed by atoms with Crippen molar-refractivity contribution in [3.63, 3.8) is 0 Å². The minimum Gasteiger partial charge on any atom is -0.505 e. The van der Waals surface area contributed by atoms with Gasteiger partial charge in [0.25, 0.3) is 0 Å². The summed E-state index contributed by atoms with van der Waals surface area (Å²) in [6, 6.07) is 27.4. The van der Waals surface area contributed by atoms with Gasteiger partial charge in [0.2, 0.25) is 11.8 Å². The topological polar surface area (TPSA) is 129 Å². The molecule has 4 aromatic carbocycles. The minimum atomic E-state index is -1.61. The number of rotatable bonds is 5. The maximum Gasteiger partial charge on any atom is 0.335 e. The molecule has 6 atom stereocenters. The van der Waals surface area contributed by atoms with Gasteiger partial charge in [-0.05, 0) is 60.2 Å². The summed E-state index contributed by atoms with van der Waals surface area (Å²) < 4.78 is 15.2. The van der Waals surface area contributed by atoms with Crippen LogP contribution in [-0.2, 0) is 24.6 Å². The van der Waals surface area contributed by atoms with E-state index in [4.69, 9.17) is 0 Å². The van der Waals surface area contributed by atoms with Crippen molar-refractivity contribution in [3.05, 3.63) is 149 Å². The number of Topliss-reactive ketones (excluding diaryl/α,β-unsaturated/α-hetero) is 1. The maximum atomic E-state index is 15.2. The molecule has 2 amide bonds. The van der Waals surface area contributed by atoms with E-state index < -0.39 is 64.4 Å². The second kappa shape index (κ2) is 11.6. The molecule has 9 heteroatoms. The molecule has 0 bridgehead atoms. The van der Waals surface area contributed by atoms with Crippen LogP contribution in [0.25, 0.3) is 5.57 Å². The van der Waals surface area contributed by atoms with Crippen molar-refractivity contribution in [2.45, 2.75) is 24.2 Å². The third kappa shape index (κ3) is 4.39. The van der Waals surface area contributed by atoms with Crippen molar-refractivity contribution >= 4 is 40.6 Å². The fraction of sp³-hybridized carbons (Fsp3) is 0.195. The molecule has 8 rings (SSSR count). The number of hydrogen-bond donors (Lipinski definition) is 2. The van der Waals surface area contributed by atoms with Crippen molar-refractivity contribution in [2.24, 2.45) is 23.7 Å². The number of carboxylic acids is 1. The predicted molar refractivity (Wildman–Crippen MR) is 181 cm³/mol. The SMILES string of the molecule is O=C(O)c1cccc(N2C(=O)C3CC=C4C(CC5C(=O)C(c6ccccc6)=CC(=O)C5(c5ccccc5)C4c4cccc(F)c4O)C3C2=O)c1. The van der Waals surface area contributed by atoms with Crippen LogP contribution in [-0.4, -0.2) is 39.6 Å². The summed E-state index contributed by atoms with van der Waals surface area (Å²) in [6.07, 6.45) is 3.33. The van der Waals surface area contributed by atoms with Gasteiger partial charge < -0.3 is 10.2 Å². The Kier molecular flexibility index (Phi) is 7.25. The summed E-state index contributed by atoms with van der Waals surface area (Å²) in [6.45, 7) is 0. The number of amides is 2. The van der Waals surface area contributed by atoms with Crippen LogP contribution in [0.4, 0.5) is 10.1 Å². The van der Waals surface area contributed by atoms with E-state index in [0.717, 1.165) is 11.0 Å². The Labute approximate surface area is 286 Å². The summed E-state index contributed by atoms with van der Waals surface area (Å²) in [5, 5.41) is 20.9. The molecular weight excluding hydrogens is 637 g/mol. The Balaban J connectivity index is 1.36. The fourth-order valence-electron chi connectivity index (χ4n) is 9.02. The molecular formula is C41H30FNO7. The van der Waals surface area contributed by atoms with Crippen LogP contribution < -0.4 is 4.90 Å². The number of nitrogens with zero attached hydrogens (tertiary/aromatic N) is 1. The monoisotopic (exact) mass is 667 g/mol. The zero-order valence-electron chi connectivity index (χ0n) is 26.5. The molecule has 0 aromatic heterocycles. The molecule has 0 radical (unpaired) electrons. The third-order valence-electron chi connectivity index (χ3n) is 11.1. The maximum absolute atomic E-state index is 15.2. The molecule has 1 heterocycles. The lowest BCUT2D eigenvalue weighted by atomic mass is 9.44. The molecule has 1 saturated carbocycles. The van der Waals surface area contributed by atoms with Crippen molar-refractivity contribution in [3.8, 4) is 5.75 Å². The summed E-state index contributed by atoms with van der Waals surface area (Å²) >= 11 is 0. The van der Waals surface area contributed by atoms with Gasteiger partial charge in [-0.25, -0.2) is 9.18 Å². The number of carbonyl (C=O) groups excluding carboxylic acids is 4. The van der Waals surface area contributed by atoms with Gasteiger partial charge in [-0.15, -0.1) is 0 Å². The normalized spacial score (nSPS) is 27.2. The number of imide groups is 1. The lowest BCUT2D eigenvalue weighted by molar-refractivity contribution is -0.135. The number of allylic oxidation sites excluding steroid dienone is 4. The number of phenols is 1. The lowest BCUT2D eigenvalue weighted by Crippen LogP contribution is -2.58. The van der Waals surface area contributed by atoms with Crippen molar-refractivity contribution < 1.29 is 38.6 Å². The highest BCUT2D eigenvalue weighted by molar-refractivity contribution is 6.32. The first-order chi connectivity index (χ1) is 24.1. The number of ketones is 2. The smallest absolute Gasteiger partial charge is 0.335 e. The zero-order valence-corrected chi connectivity index (χ0v) is 26.5. The van der Waals surface area contributed by atoms with Crippen LogP contribution >= 0.6 is 0 Å². The third-order valence-corrected chi connectivity index (χ3v) is 11.1. The number of halogens is 1. The Morgan fingerprint density at radius 1 is 0.820 bits per heavy atom. The van der Waals surface area contributed by atoms with E-state index in [1.54, 1.807) is 66.7 Å². The quantitative estimate of drug-likeness (QED) is 0.190. The van der Waals surface area contributed by atoms with E-state index in [1.165, 1.54) is 36.4 Å². The van der Waals surface area contributed by atoms with Crippen LogP contribution in [0.3, 0.4) is 0 Å². The number of para-hydroxylation sites is 1. The molecule has 50 heavy (non-hydrogen) atoms. The standard InChI is InChI=1S/C41H30FNO7/c42-32-16-8-15-28(37(32)46)35-26-17-18-27-34(39(48)43(38(27)47)25-14-7-11-23(19-25)40(49)50)30(26)20-31-36(45)29(22-9-3-1-4-10-22)21-33(44)41(31,35)24-12-5-2-6-13-24/h1-17,19,21,27,30-31,34-35,46H,18,20H2,(H,49,50). The highest BCUT2D eigenvalue weighted by atomic mass is 19.1. The van der Waals surface area contributed by atoms with E-state index >= 15 is 4.39 Å². The number of carboxylic acid groups (broad SMARTS) is 1. The number of aromatic hydroxyl groups is 1. The number of anilines is 1. The average molecular weight is 668 g/mol. The highest BCUT2D eigenvalue weighted by Crippen LogP contribution is 2.64. The number of phenolic OH excluding ortho intramolecular Hbond substituents is 1. The molecule has 8 nitrogen and oxygen atoms in total. The molecule has 1 saturated heterocycles. The molecule has 1 aliphatic heterocycles. The van der Waals surface area contributed by atoms with Crippen LogP contribution in [0, 0.1) is 29.5 Å². The summed E-state index contributed by atoms with van der Waals surface area (Å²) in [7, 11) is 0. The summed E-state index contributed by atoms with van der Waals surface area (Å²) in [5.41, 5.74) is 0.396. The van der Waals surface area contributed by atoms with E-state index in [-0.39, 0.29) is 46.8 Å². The van der Waals surface area contributed by atoms with E-state index in [2.05, 4.69) is 0 Å².